The second-order valence-electron chi connectivity index (χ2n) is 4.93. The van der Waals surface area contributed by atoms with Gasteiger partial charge >= 0.3 is 0 Å². The van der Waals surface area contributed by atoms with Crippen LogP contribution in [0.5, 0.6) is 11.5 Å². The van der Waals surface area contributed by atoms with Gasteiger partial charge in [-0.1, -0.05) is 35.0 Å². The number of hydrogen-bond acceptors (Lipinski definition) is 2. The highest BCUT2D eigenvalue weighted by Gasteiger charge is 2.10. The maximum atomic E-state index is 14.2. The fourth-order valence-electron chi connectivity index (χ4n) is 2.01. The zero-order valence-electron chi connectivity index (χ0n) is 12.2. The Hall–Kier alpha value is -1.39. The molecule has 112 valence electrons. The summed E-state index contributed by atoms with van der Waals surface area (Å²) in [6.45, 7) is 5.05. The number of ether oxygens (including phenoxy) is 1. The first kappa shape index (κ1) is 16.0. The van der Waals surface area contributed by atoms with Gasteiger partial charge in [0.1, 0.15) is 5.75 Å². The monoisotopic (exact) mass is 351 g/mol. The lowest BCUT2D eigenvalue weighted by molar-refractivity contribution is 0.440. The molecule has 0 aromatic heterocycles. The molecule has 0 aliphatic heterocycles. The van der Waals surface area contributed by atoms with E-state index in [1.165, 1.54) is 6.07 Å². The Balaban J connectivity index is 2.12. The van der Waals surface area contributed by atoms with Gasteiger partial charge < -0.3 is 10.1 Å². The maximum absolute atomic E-state index is 14.2. The molecule has 0 radical (unpaired) electrons. The highest BCUT2D eigenvalue weighted by Crippen LogP contribution is 2.28. The molecule has 2 rings (SSSR count). The summed E-state index contributed by atoms with van der Waals surface area (Å²) in [5, 5.41) is 3.34. The third-order valence-corrected chi connectivity index (χ3v) is 3.67. The van der Waals surface area contributed by atoms with Crippen molar-refractivity contribution < 1.29 is 9.13 Å². The van der Waals surface area contributed by atoms with Crippen molar-refractivity contribution in [1.29, 1.82) is 0 Å². The highest BCUT2D eigenvalue weighted by molar-refractivity contribution is 9.10. The summed E-state index contributed by atoms with van der Waals surface area (Å²) in [7, 11) is 0. The molecule has 0 fully saturated rings. The van der Waals surface area contributed by atoms with E-state index in [1.807, 2.05) is 25.1 Å². The van der Waals surface area contributed by atoms with Crippen molar-refractivity contribution in [3.05, 3.63) is 58.3 Å². The van der Waals surface area contributed by atoms with Crippen molar-refractivity contribution in [3.8, 4) is 11.5 Å². The van der Waals surface area contributed by atoms with Crippen molar-refractivity contribution in [1.82, 2.24) is 5.32 Å². The van der Waals surface area contributed by atoms with E-state index in [0.29, 0.717) is 5.75 Å². The van der Waals surface area contributed by atoms with Crippen molar-refractivity contribution in [2.75, 3.05) is 6.54 Å². The van der Waals surface area contributed by atoms with Crippen LogP contribution >= 0.6 is 15.9 Å². The van der Waals surface area contributed by atoms with Crippen molar-refractivity contribution >= 4 is 15.9 Å². The summed E-state index contributed by atoms with van der Waals surface area (Å²) >= 11 is 3.37. The number of rotatable bonds is 6. The summed E-state index contributed by atoms with van der Waals surface area (Å²) in [6.07, 6.45) is 1.05. The quantitative estimate of drug-likeness (QED) is 0.747. The van der Waals surface area contributed by atoms with Crippen molar-refractivity contribution in [3.63, 3.8) is 0 Å². The first-order valence-electron chi connectivity index (χ1n) is 7.06. The SMILES string of the molecule is CCCNC(C)c1ccc(Oc2cccc(Br)c2)c(F)c1. The number of halogens is 2. The minimum Gasteiger partial charge on any atom is -0.454 e. The fourth-order valence-corrected chi connectivity index (χ4v) is 2.38. The van der Waals surface area contributed by atoms with Crippen LogP contribution in [-0.4, -0.2) is 6.54 Å². The molecule has 0 bridgehead atoms. The predicted molar refractivity (Wildman–Crippen MR) is 87.3 cm³/mol. The molecule has 0 saturated carbocycles. The molecule has 1 N–H and O–H groups in total. The molecule has 0 aliphatic rings. The van der Waals surface area contributed by atoms with E-state index in [0.717, 1.165) is 23.0 Å². The molecule has 21 heavy (non-hydrogen) atoms. The third-order valence-electron chi connectivity index (χ3n) is 3.18. The van der Waals surface area contributed by atoms with Gasteiger partial charge in [-0.25, -0.2) is 4.39 Å². The molecule has 2 aromatic carbocycles. The van der Waals surface area contributed by atoms with Crippen LogP contribution in [-0.2, 0) is 0 Å². The van der Waals surface area contributed by atoms with Crippen molar-refractivity contribution in [2.45, 2.75) is 26.3 Å². The van der Waals surface area contributed by atoms with Gasteiger partial charge in [0.05, 0.1) is 0 Å². The summed E-state index contributed by atoms with van der Waals surface area (Å²) in [4.78, 5) is 0. The first-order valence-corrected chi connectivity index (χ1v) is 7.85. The Morgan fingerprint density at radius 3 is 2.71 bits per heavy atom. The lowest BCUT2D eigenvalue weighted by atomic mass is 10.1. The molecule has 1 atom stereocenters. The lowest BCUT2D eigenvalue weighted by Crippen LogP contribution is -2.19. The normalized spacial score (nSPS) is 12.2. The van der Waals surface area contributed by atoms with Crippen LogP contribution in [0.2, 0.25) is 0 Å². The molecule has 4 heteroatoms. The van der Waals surface area contributed by atoms with E-state index in [2.05, 4.69) is 28.2 Å². The van der Waals surface area contributed by atoms with E-state index < -0.39 is 0 Å². The lowest BCUT2D eigenvalue weighted by Gasteiger charge is -2.15. The Morgan fingerprint density at radius 1 is 1.24 bits per heavy atom. The van der Waals surface area contributed by atoms with Gasteiger partial charge in [0.25, 0.3) is 0 Å². The molecular formula is C17H19BrFNO. The fraction of sp³-hybridized carbons (Fsp3) is 0.294. The van der Waals surface area contributed by atoms with Crippen LogP contribution in [0.1, 0.15) is 31.9 Å². The van der Waals surface area contributed by atoms with E-state index in [9.17, 15) is 4.39 Å². The molecule has 0 saturated heterocycles. The molecule has 0 aliphatic carbocycles. The minimum absolute atomic E-state index is 0.124. The average Bonchev–Trinajstić information content (AvgIpc) is 2.47. The summed E-state index contributed by atoms with van der Waals surface area (Å²) in [5.74, 6) is 0.491. The molecular weight excluding hydrogens is 333 g/mol. The van der Waals surface area contributed by atoms with Crippen LogP contribution < -0.4 is 10.1 Å². The smallest absolute Gasteiger partial charge is 0.166 e. The number of benzene rings is 2. The van der Waals surface area contributed by atoms with Gasteiger partial charge in [0, 0.05) is 10.5 Å². The van der Waals surface area contributed by atoms with Crippen LogP contribution in [0.3, 0.4) is 0 Å². The zero-order valence-corrected chi connectivity index (χ0v) is 13.8. The topological polar surface area (TPSA) is 21.3 Å². The largest absolute Gasteiger partial charge is 0.454 e. The van der Waals surface area contributed by atoms with Gasteiger partial charge in [-0.05, 0) is 55.8 Å². The van der Waals surface area contributed by atoms with E-state index in [1.54, 1.807) is 18.2 Å². The predicted octanol–water partition coefficient (Wildman–Crippen LogP) is 5.44. The summed E-state index contributed by atoms with van der Waals surface area (Å²) in [5.41, 5.74) is 0.919. The molecule has 0 spiro atoms. The van der Waals surface area contributed by atoms with E-state index >= 15 is 0 Å². The summed E-state index contributed by atoms with van der Waals surface area (Å²) < 4.78 is 20.6. The van der Waals surface area contributed by atoms with Gasteiger partial charge in [-0.2, -0.15) is 0 Å². The standard InChI is InChI=1S/C17H19BrFNO/c1-3-9-20-12(2)13-7-8-17(16(19)10-13)21-15-6-4-5-14(18)11-15/h4-8,10-12,20H,3,9H2,1-2H3. The Morgan fingerprint density at radius 2 is 2.05 bits per heavy atom. The molecule has 0 heterocycles. The molecule has 2 nitrogen and oxygen atoms in total. The Bertz CT molecular complexity index is 603. The minimum atomic E-state index is -0.349. The second-order valence-corrected chi connectivity index (χ2v) is 5.84. The Labute approximate surface area is 133 Å². The van der Waals surface area contributed by atoms with Crippen LogP contribution in [0.15, 0.2) is 46.9 Å². The third kappa shape index (κ3) is 4.55. The van der Waals surface area contributed by atoms with Gasteiger partial charge in [-0.3, -0.25) is 0 Å². The maximum Gasteiger partial charge on any atom is 0.166 e. The highest BCUT2D eigenvalue weighted by atomic mass is 79.9. The first-order chi connectivity index (χ1) is 10.1. The van der Waals surface area contributed by atoms with Gasteiger partial charge in [0.15, 0.2) is 11.6 Å². The molecule has 0 amide bonds. The second kappa shape index (κ2) is 7.57. The van der Waals surface area contributed by atoms with Crippen LogP contribution in [0, 0.1) is 5.82 Å². The molecule has 2 aromatic rings. The number of hydrogen-bond donors (Lipinski definition) is 1. The molecule has 1 unspecified atom stereocenters. The van der Waals surface area contributed by atoms with Crippen LogP contribution in [0.25, 0.3) is 0 Å². The van der Waals surface area contributed by atoms with E-state index in [4.69, 9.17) is 4.74 Å². The van der Waals surface area contributed by atoms with Crippen molar-refractivity contribution in [2.24, 2.45) is 0 Å². The van der Waals surface area contributed by atoms with Gasteiger partial charge in [-0.15, -0.1) is 0 Å². The average molecular weight is 352 g/mol. The number of nitrogens with one attached hydrogen (secondary N) is 1. The Kier molecular flexibility index (Phi) is 5.76. The van der Waals surface area contributed by atoms with E-state index in [-0.39, 0.29) is 17.6 Å². The van der Waals surface area contributed by atoms with Crippen LogP contribution in [0.4, 0.5) is 4.39 Å². The van der Waals surface area contributed by atoms with Gasteiger partial charge in [0.2, 0.25) is 0 Å². The summed E-state index contributed by atoms with van der Waals surface area (Å²) in [6, 6.07) is 12.6. The zero-order chi connectivity index (χ0) is 15.2.